The molecular weight excluding hydrogens is 376 g/mol. The summed E-state index contributed by atoms with van der Waals surface area (Å²) in [7, 11) is 0. The van der Waals surface area contributed by atoms with Gasteiger partial charge in [0, 0.05) is 10.6 Å². The van der Waals surface area contributed by atoms with E-state index in [1.807, 2.05) is 24.3 Å². The first-order valence-electron chi connectivity index (χ1n) is 9.20. The Balaban J connectivity index is 1.64. The first-order valence-corrected chi connectivity index (χ1v) is 9.58. The number of fused-ring (bicyclic) bond motifs is 1. The number of rotatable bonds is 7. The van der Waals surface area contributed by atoms with Crippen molar-refractivity contribution in [3.63, 3.8) is 0 Å². The van der Waals surface area contributed by atoms with Crippen LogP contribution in [0.2, 0.25) is 5.02 Å². The third-order valence-electron chi connectivity index (χ3n) is 4.30. The highest BCUT2D eigenvalue weighted by Crippen LogP contribution is 2.21. The quantitative estimate of drug-likeness (QED) is 0.565. The molecule has 1 heterocycles. The van der Waals surface area contributed by atoms with Crippen molar-refractivity contribution in [1.29, 1.82) is 0 Å². The standard InChI is InChI=1S/C21H23ClN4O2/c1-13(2)11-18(20-25-16-5-3-4-6-17(16)26-20)24-19(27)12-23-21(28)14-7-9-15(22)10-8-14/h3-10,13,18H,11-12H2,1-2H3,(H,23,28)(H,24,27)(H,25,26)/t18-/m1/s1. The van der Waals surface area contributed by atoms with Crippen LogP contribution in [-0.2, 0) is 4.79 Å². The second kappa shape index (κ2) is 8.89. The Bertz CT molecular complexity index is 933. The normalized spacial score (nSPS) is 12.1. The largest absolute Gasteiger partial charge is 0.345 e. The van der Waals surface area contributed by atoms with Gasteiger partial charge in [-0.25, -0.2) is 4.98 Å². The van der Waals surface area contributed by atoms with Crippen molar-refractivity contribution in [2.75, 3.05) is 6.54 Å². The molecule has 0 aliphatic rings. The van der Waals surface area contributed by atoms with Crippen LogP contribution in [0.25, 0.3) is 11.0 Å². The summed E-state index contributed by atoms with van der Waals surface area (Å²) >= 11 is 5.83. The predicted molar refractivity (Wildman–Crippen MR) is 110 cm³/mol. The van der Waals surface area contributed by atoms with Gasteiger partial charge >= 0.3 is 0 Å². The minimum Gasteiger partial charge on any atom is -0.345 e. The Hall–Kier alpha value is -2.86. The van der Waals surface area contributed by atoms with E-state index >= 15 is 0 Å². The van der Waals surface area contributed by atoms with Gasteiger partial charge in [-0.1, -0.05) is 37.6 Å². The molecule has 1 atom stereocenters. The van der Waals surface area contributed by atoms with E-state index in [4.69, 9.17) is 11.6 Å². The van der Waals surface area contributed by atoms with Gasteiger partial charge in [0.05, 0.1) is 23.6 Å². The van der Waals surface area contributed by atoms with Gasteiger partial charge in [-0.2, -0.15) is 0 Å². The van der Waals surface area contributed by atoms with E-state index in [2.05, 4.69) is 34.4 Å². The summed E-state index contributed by atoms with van der Waals surface area (Å²) in [4.78, 5) is 32.5. The van der Waals surface area contributed by atoms with Gasteiger partial charge in [-0.15, -0.1) is 0 Å². The van der Waals surface area contributed by atoms with E-state index in [9.17, 15) is 9.59 Å². The van der Waals surface area contributed by atoms with Crippen molar-refractivity contribution in [2.24, 2.45) is 5.92 Å². The molecular formula is C21H23ClN4O2. The topological polar surface area (TPSA) is 86.9 Å². The van der Waals surface area contributed by atoms with Gasteiger partial charge in [0.25, 0.3) is 5.91 Å². The van der Waals surface area contributed by atoms with Crippen molar-refractivity contribution in [2.45, 2.75) is 26.3 Å². The molecule has 0 fully saturated rings. The minimum atomic E-state index is -0.323. The number of nitrogens with zero attached hydrogens (tertiary/aromatic N) is 1. The molecule has 2 amide bonds. The number of halogens is 1. The highest BCUT2D eigenvalue weighted by Gasteiger charge is 2.20. The molecule has 0 saturated carbocycles. The molecule has 7 heteroatoms. The number of benzene rings is 2. The van der Waals surface area contributed by atoms with Crippen LogP contribution in [0, 0.1) is 5.92 Å². The molecule has 146 valence electrons. The first-order chi connectivity index (χ1) is 13.4. The molecule has 0 unspecified atom stereocenters. The lowest BCUT2D eigenvalue weighted by Gasteiger charge is -2.19. The molecule has 0 saturated heterocycles. The molecule has 0 spiro atoms. The molecule has 0 radical (unpaired) electrons. The fraction of sp³-hybridized carbons (Fsp3) is 0.286. The van der Waals surface area contributed by atoms with Crippen LogP contribution >= 0.6 is 11.6 Å². The summed E-state index contributed by atoms with van der Waals surface area (Å²) in [6, 6.07) is 14.0. The third-order valence-corrected chi connectivity index (χ3v) is 4.55. The molecule has 0 aliphatic heterocycles. The van der Waals surface area contributed by atoms with Crippen molar-refractivity contribution in [3.05, 3.63) is 64.9 Å². The zero-order valence-electron chi connectivity index (χ0n) is 15.8. The van der Waals surface area contributed by atoms with E-state index in [0.29, 0.717) is 22.3 Å². The number of aromatic amines is 1. The summed E-state index contributed by atoms with van der Waals surface area (Å²) in [5.41, 5.74) is 2.24. The Morgan fingerprint density at radius 1 is 1.11 bits per heavy atom. The smallest absolute Gasteiger partial charge is 0.251 e. The van der Waals surface area contributed by atoms with Crippen LogP contribution in [-0.4, -0.2) is 28.3 Å². The van der Waals surface area contributed by atoms with Gasteiger partial charge in [0.1, 0.15) is 5.82 Å². The SMILES string of the molecule is CC(C)C[C@@H](NC(=O)CNC(=O)c1ccc(Cl)cc1)c1nc2ccccc2[nH]1. The summed E-state index contributed by atoms with van der Waals surface area (Å²) < 4.78 is 0. The number of amides is 2. The molecule has 0 aliphatic carbocycles. The number of imidazole rings is 1. The number of carbonyl (C=O) groups excluding carboxylic acids is 2. The molecule has 3 aromatic rings. The summed E-state index contributed by atoms with van der Waals surface area (Å²) in [6.07, 6.45) is 0.733. The maximum atomic E-state index is 12.4. The monoisotopic (exact) mass is 398 g/mol. The lowest BCUT2D eigenvalue weighted by molar-refractivity contribution is -0.121. The first kappa shape index (κ1) is 19.9. The van der Waals surface area contributed by atoms with E-state index in [1.54, 1.807) is 24.3 Å². The van der Waals surface area contributed by atoms with Crippen LogP contribution in [0.1, 0.15) is 42.5 Å². The number of hydrogen-bond donors (Lipinski definition) is 3. The average Bonchev–Trinajstić information content (AvgIpc) is 3.10. The molecule has 0 bridgehead atoms. The number of hydrogen-bond acceptors (Lipinski definition) is 3. The molecule has 2 aromatic carbocycles. The van der Waals surface area contributed by atoms with E-state index in [0.717, 1.165) is 17.5 Å². The molecule has 28 heavy (non-hydrogen) atoms. The maximum Gasteiger partial charge on any atom is 0.251 e. The van der Waals surface area contributed by atoms with Crippen molar-refractivity contribution in [1.82, 2.24) is 20.6 Å². The van der Waals surface area contributed by atoms with Gasteiger partial charge in [-0.3, -0.25) is 9.59 Å². The molecule has 3 rings (SSSR count). The Labute approximate surface area is 168 Å². The van der Waals surface area contributed by atoms with Crippen molar-refractivity contribution >= 4 is 34.4 Å². The van der Waals surface area contributed by atoms with Gasteiger partial charge in [0.2, 0.25) is 5.91 Å². The second-order valence-electron chi connectivity index (χ2n) is 7.08. The lowest BCUT2D eigenvalue weighted by atomic mass is 10.0. The predicted octanol–water partition coefficient (Wildman–Crippen LogP) is 3.85. The number of para-hydroxylation sites is 2. The number of aromatic nitrogens is 2. The minimum absolute atomic E-state index is 0.115. The van der Waals surface area contributed by atoms with Crippen LogP contribution < -0.4 is 10.6 Å². The van der Waals surface area contributed by atoms with Crippen molar-refractivity contribution < 1.29 is 9.59 Å². The van der Waals surface area contributed by atoms with Crippen LogP contribution in [0.3, 0.4) is 0 Å². The van der Waals surface area contributed by atoms with Gasteiger partial charge in [-0.05, 0) is 48.7 Å². The van der Waals surface area contributed by atoms with Crippen LogP contribution in [0.4, 0.5) is 0 Å². The molecule has 1 aromatic heterocycles. The Kier molecular flexibility index (Phi) is 6.31. The summed E-state index contributed by atoms with van der Waals surface area (Å²) in [5.74, 6) is 0.485. The van der Waals surface area contributed by atoms with E-state index in [-0.39, 0.29) is 24.4 Å². The maximum absolute atomic E-state index is 12.4. The zero-order valence-corrected chi connectivity index (χ0v) is 16.6. The third kappa shape index (κ3) is 5.10. The van der Waals surface area contributed by atoms with Crippen LogP contribution in [0.15, 0.2) is 48.5 Å². The van der Waals surface area contributed by atoms with Gasteiger partial charge < -0.3 is 15.6 Å². The van der Waals surface area contributed by atoms with E-state index < -0.39 is 0 Å². The number of H-pyrrole nitrogens is 1. The highest BCUT2D eigenvalue weighted by atomic mass is 35.5. The second-order valence-corrected chi connectivity index (χ2v) is 7.51. The average molecular weight is 399 g/mol. The van der Waals surface area contributed by atoms with Gasteiger partial charge in [0.15, 0.2) is 0 Å². The Morgan fingerprint density at radius 3 is 2.50 bits per heavy atom. The summed E-state index contributed by atoms with van der Waals surface area (Å²) in [5, 5.41) is 6.16. The summed E-state index contributed by atoms with van der Waals surface area (Å²) in [6.45, 7) is 4.06. The van der Waals surface area contributed by atoms with Crippen molar-refractivity contribution in [3.8, 4) is 0 Å². The van der Waals surface area contributed by atoms with E-state index in [1.165, 1.54) is 0 Å². The Morgan fingerprint density at radius 2 is 1.82 bits per heavy atom. The number of carbonyl (C=O) groups is 2. The fourth-order valence-corrected chi connectivity index (χ4v) is 3.08. The fourth-order valence-electron chi connectivity index (χ4n) is 2.96. The lowest BCUT2D eigenvalue weighted by Crippen LogP contribution is -2.39. The van der Waals surface area contributed by atoms with Crippen LogP contribution in [0.5, 0.6) is 0 Å². The number of nitrogens with one attached hydrogen (secondary N) is 3. The zero-order chi connectivity index (χ0) is 20.1. The molecule has 6 nitrogen and oxygen atoms in total. The highest BCUT2D eigenvalue weighted by molar-refractivity contribution is 6.30. The molecule has 3 N–H and O–H groups in total.